The normalized spacial score (nSPS) is 27.2. The summed E-state index contributed by atoms with van der Waals surface area (Å²) in [4.78, 5) is 17.5. The van der Waals surface area contributed by atoms with Crippen LogP contribution < -0.4 is 0 Å². The Kier molecular flexibility index (Phi) is 5.78. The van der Waals surface area contributed by atoms with Gasteiger partial charge in [-0.15, -0.1) is 0 Å². The minimum absolute atomic E-state index is 0.316. The first-order chi connectivity index (χ1) is 10.7. The van der Waals surface area contributed by atoms with Gasteiger partial charge in [-0.2, -0.15) is 0 Å². The van der Waals surface area contributed by atoms with E-state index in [1.807, 2.05) is 0 Å². The van der Waals surface area contributed by atoms with Crippen LogP contribution in [0.5, 0.6) is 0 Å². The van der Waals surface area contributed by atoms with Crippen LogP contribution in [0, 0.1) is 17.8 Å². The Hall–Kier alpha value is -0.570. The lowest BCUT2D eigenvalue weighted by atomic mass is 9.87. The van der Waals surface area contributed by atoms with Crippen LogP contribution in [0.2, 0.25) is 0 Å². The van der Waals surface area contributed by atoms with Gasteiger partial charge in [0.2, 0.25) is 5.91 Å². The molecule has 1 aliphatic carbocycles. The summed E-state index contributed by atoms with van der Waals surface area (Å²) >= 11 is 0. The Morgan fingerprint density at radius 3 is 2.14 bits per heavy atom. The molecule has 0 atom stereocenters. The molecule has 1 amide bonds. The fraction of sp³-hybridized carbons (Fsp3) is 0.947. The summed E-state index contributed by atoms with van der Waals surface area (Å²) in [7, 11) is 0. The number of carbonyl (C=O) groups is 1. The topological polar surface area (TPSA) is 23.6 Å². The van der Waals surface area contributed by atoms with E-state index in [-0.39, 0.29) is 0 Å². The molecule has 0 bridgehead atoms. The largest absolute Gasteiger partial charge is 0.342 e. The van der Waals surface area contributed by atoms with Crippen LogP contribution in [-0.4, -0.2) is 48.4 Å². The van der Waals surface area contributed by atoms with E-state index < -0.39 is 0 Å². The molecule has 0 aromatic heterocycles. The van der Waals surface area contributed by atoms with Crippen molar-refractivity contribution in [3.05, 3.63) is 0 Å². The zero-order valence-corrected chi connectivity index (χ0v) is 14.4. The molecule has 3 rings (SSSR count). The van der Waals surface area contributed by atoms with Crippen LogP contribution in [0.4, 0.5) is 0 Å². The van der Waals surface area contributed by atoms with Gasteiger partial charge in [-0.05, 0) is 63.5 Å². The number of nitrogens with zero attached hydrogens (tertiary/aromatic N) is 2. The summed E-state index contributed by atoms with van der Waals surface area (Å²) in [5.41, 5.74) is 0. The SMILES string of the molecule is CC1CCN(C(=O)C2CCN(CC3CCCCC3)CC2)CC1. The van der Waals surface area contributed by atoms with Gasteiger partial charge in [0, 0.05) is 25.6 Å². The Bertz CT molecular complexity index is 348. The molecule has 2 heterocycles. The molecule has 0 N–H and O–H groups in total. The lowest BCUT2D eigenvalue weighted by Gasteiger charge is -2.38. The van der Waals surface area contributed by atoms with Crippen molar-refractivity contribution in [1.29, 1.82) is 0 Å². The van der Waals surface area contributed by atoms with Gasteiger partial charge in [-0.3, -0.25) is 4.79 Å². The van der Waals surface area contributed by atoms with E-state index in [1.54, 1.807) is 0 Å². The maximum absolute atomic E-state index is 12.7. The molecule has 0 aromatic carbocycles. The predicted octanol–water partition coefficient (Wildman–Crippen LogP) is 3.54. The summed E-state index contributed by atoms with van der Waals surface area (Å²) in [6, 6.07) is 0. The summed E-state index contributed by atoms with van der Waals surface area (Å²) in [6.07, 6.45) is 11.8. The van der Waals surface area contributed by atoms with Crippen molar-refractivity contribution in [1.82, 2.24) is 9.80 Å². The van der Waals surface area contributed by atoms with Crippen LogP contribution in [0.15, 0.2) is 0 Å². The molecule has 3 aliphatic rings. The zero-order chi connectivity index (χ0) is 15.4. The molecule has 0 radical (unpaired) electrons. The maximum atomic E-state index is 12.7. The average Bonchev–Trinajstić information content (AvgIpc) is 2.57. The maximum Gasteiger partial charge on any atom is 0.225 e. The lowest BCUT2D eigenvalue weighted by Crippen LogP contribution is -2.46. The Balaban J connectivity index is 1.40. The van der Waals surface area contributed by atoms with E-state index in [4.69, 9.17) is 0 Å². The van der Waals surface area contributed by atoms with E-state index in [1.165, 1.54) is 51.5 Å². The number of piperidine rings is 2. The van der Waals surface area contributed by atoms with Gasteiger partial charge in [0.25, 0.3) is 0 Å². The van der Waals surface area contributed by atoms with Gasteiger partial charge in [0.1, 0.15) is 0 Å². The number of likely N-dealkylation sites (tertiary alicyclic amines) is 2. The molecule has 3 heteroatoms. The molecule has 0 aromatic rings. The van der Waals surface area contributed by atoms with Gasteiger partial charge in [-0.1, -0.05) is 26.2 Å². The van der Waals surface area contributed by atoms with Crippen LogP contribution >= 0.6 is 0 Å². The van der Waals surface area contributed by atoms with E-state index in [0.29, 0.717) is 11.8 Å². The van der Waals surface area contributed by atoms with Crippen LogP contribution in [-0.2, 0) is 4.79 Å². The molecule has 2 saturated heterocycles. The summed E-state index contributed by atoms with van der Waals surface area (Å²) in [5, 5.41) is 0. The zero-order valence-electron chi connectivity index (χ0n) is 14.4. The summed E-state index contributed by atoms with van der Waals surface area (Å²) in [6.45, 7) is 7.91. The lowest BCUT2D eigenvalue weighted by molar-refractivity contribution is -0.138. The third-order valence-electron chi connectivity index (χ3n) is 6.27. The minimum Gasteiger partial charge on any atom is -0.342 e. The molecule has 0 unspecified atom stereocenters. The summed E-state index contributed by atoms with van der Waals surface area (Å²) in [5.74, 6) is 2.52. The average molecular weight is 306 g/mol. The van der Waals surface area contributed by atoms with E-state index in [2.05, 4.69) is 16.7 Å². The number of rotatable bonds is 3. The molecule has 3 nitrogen and oxygen atoms in total. The smallest absolute Gasteiger partial charge is 0.225 e. The Morgan fingerprint density at radius 1 is 0.864 bits per heavy atom. The first-order valence-electron chi connectivity index (χ1n) is 9.73. The quantitative estimate of drug-likeness (QED) is 0.796. The Morgan fingerprint density at radius 2 is 1.50 bits per heavy atom. The van der Waals surface area contributed by atoms with Crippen molar-refractivity contribution < 1.29 is 4.79 Å². The second-order valence-corrected chi connectivity index (χ2v) is 8.09. The fourth-order valence-corrected chi connectivity index (χ4v) is 4.58. The van der Waals surface area contributed by atoms with Crippen molar-refractivity contribution in [2.45, 2.75) is 64.7 Å². The van der Waals surface area contributed by atoms with Crippen LogP contribution in [0.25, 0.3) is 0 Å². The molecule has 2 aliphatic heterocycles. The van der Waals surface area contributed by atoms with Gasteiger partial charge >= 0.3 is 0 Å². The third kappa shape index (κ3) is 4.24. The van der Waals surface area contributed by atoms with Gasteiger partial charge < -0.3 is 9.80 Å². The standard InChI is InChI=1S/C19H34N2O/c1-16-7-13-21(14-8-16)19(22)18-9-11-20(12-10-18)15-17-5-3-2-4-6-17/h16-18H,2-15H2,1H3. The molecule has 3 fully saturated rings. The van der Waals surface area contributed by atoms with Crippen molar-refractivity contribution in [3.63, 3.8) is 0 Å². The van der Waals surface area contributed by atoms with Crippen molar-refractivity contribution in [2.24, 2.45) is 17.8 Å². The molecular weight excluding hydrogens is 272 g/mol. The fourth-order valence-electron chi connectivity index (χ4n) is 4.58. The number of hydrogen-bond donors (Lipinski definition) is 0. The highest BCUT2D eigenvalue weighted by Gasteiger charge is 2.30. The van der Waals surface area contributed by atoms with E-state index >= 15 is 0 Å². The van der Waals surface area contributed by atoms with E-state index in [0.717, 1.165) is 50.9 Å². The number of amides is 1. The third-order valence-corrected chi connectivity index (χ3v) is 6.27. The van der Waals surface area contributed by atoms with Gasteiger partial charge in [-0.25, -0.2) is 0 Å². The van der Waals surface area contributed by atoms with Crippen LogP contribution in [0.3, 0.4) is 0 Å². The molecular formula is C19H34N2O. The van der Waals surface area contributed by atoms with Crippen molar-refractivity contribution >= 4 is 5.91 Å². The van der Waals surface area contributed by atoms with Gasteiger partial charge in [0.15, 0.2) is 0 Å². The molecule has 22 heavy (non-hydrogen) atoms. The predicted molar refractivity (Wildman–Crippen MR) is 90.7 cm³/mol. The first-order valence-corrected chi connectivity index (χ1v) is 9.73. The highest BCUT2D eigenvalue weighted by atomic mass is 16.2. The van der Waals surface area contributed by atoms with Gasteiger partial charge in [0.05, 0.1) is 0 Å². The molecule has 1 saturated carbocycles. The molecule has 126 valence electrons. The van der Waals surface area contributed by atoms with Crippen molar-refractivity contribution in [2.75, 3.05) is 32.7 Å². The highest BCUT2D eigenvalue weighted by Crippen LogP contribution is 2.27. The second kappa shape index (κ2) is 7.81. The van der Waals surface area contributed by atoms with Crippen molar-refractivity contribution in [3.8, 4) is 0 Å². The van der Waals surface area contributed by atoms with E-state index in [9.17, 15) is 4.79 Å². The number of carbonyl (C=O) groups excluding carboxylic acids is 1. The number of hydrogen-bond acceptors (Lipinski definition) is 2. The first kappa shape index (κ1) is 16.3. The van der Waals surface area contributed by atoms with Crippen LogP contribution in [0.1, 0.15) is 64.7 Å². The summed E-state index contributed by atoms with van der Waals surface area (Å²) < 4.78 is 0. The second-order valence-electron chi connectivity index (χ2n) is 8.09. The Labute approximate surface area is 136 Å². The monoisotopic (exact) mass is 306 g/mol. The highest BCUT2D eigenvalue weighted by molar-refractivity contribution is 5.79. The molecule has 0 spiro atoms. The minimum atomic E-state index is 0.316.